The molecule has 0 saturated heterocycles. The summed E-state index contributed by atoms with van der Waals surface area (Å²) in [5, 5.41) is 0. The highest BCUT2D eigenvalue weighted by Crippen LogP contribution is 2.24. The first-order valence-corrected chi connectivity index (χ1v) is 10.9. The standard InChI is InChI=1S/C26H30N2O5/c1-26(2,3)33-25(31)28-16-15-27(23(29)21(28)17-19-11-7-5-8-12-19)22(24(30)32-4)18-20-13-9-6-10-14-20/h5-16,21-22H,17-18H2,1-4H3/t21-,22-/m0/s1. The van der Waals surface area contributed by atoms with Gasteiger partial charge in [0.1, 0.15) is 17.7 Å². The van der Waals surface area contributed by atoms with Gasteiger partial charge in [-0.2, -0.15) is 0 Å². The van der Waals surface area contributed by atoms with Crippen LogP contribution in [0, 0.1) is 0 Å². The number of carbonyl (C=O) groups is 3. The number of nitrogens with zero attached hydrogens (tertiary/aromatic N) is 2. The second-order valence-corrected chi connectivity index (χ2v) is 8.87. The number of benzene rings is 2. The first kappa shape index (κ1) is 24.0. The van der Waals surface area contributed by atoms with E-state index in [-0.39, 0.29) is 18.7 Å². The Morgan fingerprint density at radius 3 is 2.06 bits per heavy atom. The van der Waals surface area contributed by atoms with E-state index in [1.165, 1.54) is 29.3 Å². The zero-order valence-corrected chi connectivity index (χ0v) is 19.4. The van der Waals surface area contributed by atoms with E-state index in [1.807, 2.05) is 60.7 Å². The monoisotopic (exact) mass is 450 g/mol. The Hall–Kier alpha value is -3.61. The Bertz CT molecular complexity index is 998. The molecule has 7 heteroatoms. The van der Waals surface area contributed by atoms with E-state index >= 15 is 0 Å². The average Bonchev–Trinajstić information content (AvgIpc) is 2.78. The van der Waals surface area contributed by atoms with Gasteiger partial charge in [-0.15, -0.1) is 0 Å². The molecule has 1 aliphatic rings. The molecule has 0 fully saturated rings. The van der Waals surface area contributed by atoms with Crippen LogP contribution in [0.1, 0.15) is 31.9 Å². The van der Waals surface area contributed by atoms with Gasteiger partial charge in [0.25, 0.3) is 5.91 Å². The normalized spacial score (nSPS) is 17.0. The maximum atomic E-state index is 13.7. The molecule has 2 amide bonds. The molecule has 1 heterocycles. The van der Waals surface area contributed by atoms with Crippen LogP contribution in [0.4, 0.5) is 4.79 Å². The third kappa shape index (κ3) is 6.22. The highest BCUT2D eigenvalue weighted by molar-refractivity contribution is 5.92. The number of methoxy groups -OCH3 is 1. The summed E-state index contributed by atoms with van der Waals surface area (Å²) in [7, 11) is 1.30. The topological polar surface area (TPSA) is 76.2 Å². The summed E-state index contributed by atoms with van der Waals surface area (Å²) in [4.78, 5) is 41.9. The van der Waals surface area contributed by atoms with Crippen molar-refractivity contribution in [3.05, 3.63) is 84.2 Å². The Morgan fingerprint density at radius 2 is 1.52 bits per heavy atom. The van der Waals surface area contributed by atoms with Gasteiger partial charge in [-0.1, -0.05) is 60.7 Å². The van der Waals surface area contributed by atoms with Crippen molar-refractivity contribution in [1.82, 2.24) is 9.80 Å². The Kier molecular flexibility index (Phi) is 7.53. The minimum Gasteiger partial charge on any atom is -0.467 e. The van der Waals surface area contributed by atoms with E-state index in [0.29, 0.717) is 0 Å². The predicted molar refractivity (Wildman–Crippen MR) is 124 cm³/mol. The Labute approximate surface area is 194 Å². The SMILES string of the molecule is COC(=O)[C@H](Cc1ccccc1)N1C=CN(C(=O)OC(C)(C)C)[C@@H](Cc2ccccc2)C1=O. The van der Waals surface area contributed by atoms with Gasteiger partial charge in [-0.05, 0) is 31.9 Å². The summed E-state index contributed by atoms with van der Waals surface area (Å²) in [5.74, 6) is -0.903. The molecule has 0 N–H and O–H groups in total. The molecule has 0 radical (unpaired) electrons. The highest BCUT2D eigenvalue weighted by Gasteiger charge is 2.41. The molecule has 2 atom stereocenters. The van der Waals surface area contributed by atoms with Gasteiger partial charge in [-0.3, -0.25) is 9.69 Å². The van der Waals surface area contributed by atoms with Crippen LogP contribution < -0.4 is 0 Å². The molecule has 1 aliphatic heterocycles. The van der Waals surface area contributed by atoms with E-state index in [1.54, 1.807) is 20.8 Å². The summed E-state index contributed by atoms with van der Waals surface area (Å²) >= 11 is 0. The van der Waals surface area contributed by atoms with Gasteiger partial charge < -0.3 is 14.4 Å². The molecule has 3 rings (SSSR count). The number of rotatable bonds is 6. The maximum absolute atomic E-state index is 13.7. The van der Waals surface area contributed by atoms with Crippen LogP contribution in [0.25, 0.3) is 0 Å². The molecule has 0 aliphatic carbocycles. The van der Waals surface area contributed by atoms with Gasteiger partial charge in [0.15, 0.2) is 0 Å². The van der Waals surface area contributed by atoms with Gasteiger partial charge in [-0.25, -0.2) is 9.59 Å². The first-order chi connectivity index (χ1) is 15.7. The van der Waals surface area contributed by atoms with Crippen molar-refractivity contribution in [1.29, 1.82) is 0 Å². The fourth-order valence-corrected chi connectivity index (χ4v) is 3.66. The second kappa shape index (κ2) is 10.3. The molecule has 0 bridgehead atoms. The minimum atomic E-state index is -0.866. The third-order valence-corrected chi connectivity index (χ3v) is 5.22. The summed E-state index contributed by atoms with van der Waals surface area (Å²) in [6.07, 6.45) is 2.90. The quantitative estimate of drug-likeness (QED) is 0.624. The number of carbonyl (C=O) groups excluding carboxylic acids is 3. The van der Waals surface area contributed by atoms with E-state index in [9.17, 15) is 14.4 Å². The average molecular weight is 451 g/mol. The lowest BCUT2D eigenvalue weighted by atomic mass is 9.99. The fraction of sp³-hybridized carbons (Fsp3) is 0.346. The van der Waals surface area contributed by atoms with E-state index in [4.69, 9.17) is 9.47 Å². The number of hydrogen-bond donors (Lipinski definition) is 0. The van der Waals surface area contributed by atoms with Crippen LogP contribution in [0.15, 0.2) is 73.1 Å². The smallest absolute Gasteiger partial charge is 0.415 e. The molecule has 33 heavy (non-hydrogen) atoms. The van der Waals surface area contributed by atoms with E-state index < -0.39 is 29.7 Å². The van der Waals surface area contributed by atoms with Crippen LogP contribution >= 0.6 is 0 Å². The number of amides is 2. The van der Waals surface area contributed by atoms with Crippen LogP contribution in [-0.4, -0.2) is 52.6 Å². The fourth-order valence-electron chi connectivity index (χ4n) is 3.66. The van der Waals surface area contributed by atoms with Crippen molar-refractivity contribution in [2.75, 3.05) is 7.11 Å². The lowest BCUT2D eigenvalue weighted by molar-refractivity contribution is -0.152. The molecule has 0 aromatic heterocycles. The molecular formula is C26H30N2O5. The van der Waals surface area contributed by atoms with Gasteiger partial charge >= 0.3 is 12.1 Å². The highest BCUT2D eigenvalue weighted by atomic mass is 16.6. The lowest BCUT2D eigenvalue weighted by Gasteiger charge is -2.38. The molecule has 0 saturated carbocycles. The minimum absolute atomic E-state index is 0.277. The Balaban J connectivity index is 1.95. The van der Waals surface area contributed by atoms with Crippen molar-refractivity contribution in [3.8, 4) is 0 Å². The predicted octanol–water partition coefficient (Wildman–Crippen LogP) is 3.93. The van der Waals surface area contributed by atoms with Crippen molar-refractivity contribution < 1.29 is 23.9 Å². The molecule has 174 valence electrons. The van der Waals surface area contributed by atoms with Crippen LogP contribution in [0.2, 0.25) is 0 Å². The summed E-state index contributed by atoms with van der Waals surface area (Å²) in [6, 6.07) is 17.1. The summed E-state index contributed by atoms with van der Waals surface area (Å²) < 4.78 is 10.5. The van der Waals surface area contributed by atoms with E-state index in [2.05, 4.69) is 0 Å². The molecule has 0 spiro atoms. The van der Waals surface area contributed by atoms with E-state index in [0.717, 1.165) is 11.1 Å². The molecule has 2 aromatic carbocycles. The van der Waals surface area contributed by atoms with Gasteiger partial charge in [0.2, 0.25) is 0 Å². The van der Waals surface area contributed by atoms with Crippen molar-refractivity contribution in [3.63, 3.8) is 0 Å². The lowest BCUT2D eigenvalue weighted by Crippen LogP contribution is -2.57. The maximum Gasteiger partial charge on any atom is 0.415 e. The van der Waals surface area contributed by atoms with Crippen LogP contribution in [-0.2, 0) is 31.9 Å². The van der Waals surface area contributed by atoms with Crippen molar-refractivity contribution >= 4 is 18.0 Å². The largest absolute Gasteiger partial charge is 0.467 e. The molecule has 0 unspecified atom stereocenters. The number of ether oxygens (including phenoxy) is 2. The summed E-state index contributed by atoms with van der Waals surface area (Å²) in [6.45, 7) is 5.31. The number of hydrogen-bond acceptors (Lipinski definition) is 5. The van der Waals surface area contributed by atoms with Gasteiger partial charge in [0.05, 0.1) is 7.11 Å². The summed E-state index contributed by atoms with van der Waals surface area (Å²) in [5.41, 5.74) is 1.06. The van der Waals surface area contributed by atoms with Gasteiger partial charge in [0, 0.05) is 25.2 Å². The number of esters is 1. The first-order valence-electron chi connectivity index (χ1n) is 10.9. The molecule has 7 nitrogen and oxygen atoms in total. The van der Waals surface area contributed by atoms with Crippen molar-refractivity contribution in [2.24, 2.45) is 0 Å². The van der Waals surface area contributed by atoms with Crippen molar-refractivity contribution in [2.45, 2.75) is 51.3 Å². The molecular weight excluding hydrogens is 420 g/mol. The molecule has 2 aromatic rings. The second-order valence-electron chi connectivity index (χ2n) is 8.87. The van der Waals surface area contributed by atoms with Crippen LogP contribution in [0.5, 0.6) is 0 Å². The third-order valence-electron chi connectivity index (χ3n) is 5.22. The zero-order chi connectivity index (χ0) is 24.0. The van der Waals surface area contributed by atoms with Crippen LogP contribution in [0.3, 0.4) is 0 Å². The Morgan fingerprint density at radius 1 is 0.939 bits per heavy atom. The zero-order valence-electron chi connectivity index (χ0n) is 19.4.